The molecule has 7 nitrogen and oxygen atoms in total. The fraction of sp³-hybridized carbons (Fsp3) is 0.517. The third-order valence-corrected chi connectivity index (χ3v) is 7.71. The highest BCUT2D eigenvalue weighted by Crippen LogP contribution is 2.22. The van der Waals surface area contributed by atoms with E-state index in [0.717, 1.165) is 23.1 Å². The van der Waals surface area contributed by atoms with E-state index in [1.54, 1.807) is 4.90 Å². The summed E-state index contributed by atoms with van der Waals surface area (Å²) in [5.74, 6) is -0.290. The summed E-state index contributed by atoms with van der Waals surface area (Å²) in [6.45, 7) is 10.3. The van der Waals surface area contributed by atoms with E-state index in [1.807, 2.05) is 83.1 Å². The van der Waals surface area contributed by atoms with E-state index in [2.05, 4.69) is 5.32 Å². The number of hydrogen-bond donors (Lipinski definition) is 1. The maximum Gasteiger partial charge on any atom is 0.243 e. The third-order valence-electron chi connectivity index (χ3n) is 6.52. The predicted octanol–water partition coefficient (Wildman–Crippen LogP) is 4.61. The quantitative estimate of drug-likeness (QED) is 0.387. The lowest BCUT2D eigenvalue weighted by molar-refractivity contribution is -0.141. The van der Waals surface area contributed by atoms with Crippen LogP contribution in [0.15, 0.2) is 48.5 Å². The first-order valence-corrected chi connectivity index (χ1v) is 15.0. The number of benzene rings is 2. The van der Waals surface area contributed by atoms with E-state index >= 15 is 0 Å². The number of nitrogens with one attached hydrogen (secondary N) is 1. The van der Waals surface area contributed by atoms with E-state index in [9.17, 15) is 18.0 Å². The van der Waals surface area contributed by atoms with Gasteiger partial charge in [-0.15, -0.1) is 0 Å². The van der Waals surface area contributed by atoms with Crippen molar-refractivity contribution in [2.24, 2.45) is 0 Å². The number of aryl methyl sites for hydroxylation is 2. The van der Waals surface area contributed by atoms with Crippen LogP contribution in [0.25, 0.3) is 0 Å². The molecule has 0 spiro atoms. The lowest BCUT2D eigenvalue weighted by Crippen LogP contribution is -2.51. The summed E-state index contributed by atoms with van der Waals surface area (Å²) in [6.07, 6.45) is 3.63. The highest BCUT2D eigenvalue weighted by Gasteiger charge is 2.29. The number of carbonyl (C=O) groups excluding carboxylic acids is 2. The predicted molar refractivity (Wildman–Crippen MR) is 151 cm³/mol. The average molecular weight is 530 g/mol. The van der Waals surface area contributed by atoms with Crippen LogP contribution in [0.1, 0.15) is 63.1 Å². The van der Waals surface area contributed by atoms with Gasteiger partial charge in [0.1, 0.15) is 6.04 Å². The first-order chi connectivity index (χ1) is 17.5. The second-order valence-electron chi connectivity index (χ2n) is 9.85. The van der Waals surface area contributed by atoms with Gasteiger partial charge in [-0.3, -0.25) is 13.9 Å². The molecule has 37 heavy (non-hydrogen) atoms. The summed E-state index contributed by atoms with van der Waals surface area (Å²) in [5, 5.41) is 3.02. The van der Waals surface area contributed by atoms with Gasteiger partial charge in [0.05, 0.1) is 11.9 Å². The summed E-state index contributed by atoms with van der Waals surface area (Å²) in [4.78, 5) is 28.2. The minimum atomic E-state index is -3.52. The summed E-state index contributed by atoms with van der Waals surface area (Å²) >= 11 is 0. The molecule has 0 saturated carbocycles. The molecular weight excluding hydrogens is 486 g/mol. The van der Waals surface area contributed by atoms with Gasteiger partial charge in [0.2, 0.25) is 21.8 Å². The molecule has 2 aromatic carbocycles. The van der Waals surface area contributed by atoms with E-state index in [4.69, 9.17) is 0 Å². The van der Waals surface area contributed by atoms with Crippen molar-refractivity contribution >= 4 is 27.5 Å². The summed E-state index contributed by atoms with van der Waals surface area (Å²) < 4.78 is 26.5. The van der Waals surface area contributed by atoms with Crippen LogP contribution in [0.4, 0.5) is 5.69 Å². The standard InChI is InChI=1S/C29H43N3O4S/c1-7-24(5)30-29(34)27(8-2)31(18-16-25-13-10-9-11-14-25)28(33)15-12-17-32(37(6,35)36)26-20-22(3)19-23(4)21-26/h9-11,13-14,19-21,24,27H,7-8,12,15-18H2,1-6H3,(H,30,34)/t24-,27+/m1/s1. The van der Waals surface area contributed by atoms with Gasteiger partial charge in [0.15, 0.2) is 0 Å². The number of amides is 2. The van der Waals surface area contributed by atoms with Crippen molar-refractivity contribution in [1.29, 1.82) is 0 Å². The van der Waals surface area contributed by atoms with E-state index in [0.29, 0.717) is 31.5 Å². The monoisotopic (exact) mass is 529 g/mol. The Labute approximate surface area is 223 Å². The third kappa shape index (κ3) is 9.50. The molecule has 2 atom stereocenters. The molecule has 8 heteroatoms. The first kappa shape index (κ1) is 30.4. The molecule has 0 aliphatic carbocycles. The minimum absolute atomic E-state index is 0.0220. The summed E-state index contributed by atoms with van der Waals surface area (Å²) in [6, 6.07) is 15.0. The van der Waals surface area contributed by atoms with Crippen molar-refractivity contribution in [3.05, 3.63) is 65.2 Å². The van der Waals surface area contributed by atoms with E-state index < -0.39 is 16.1 Å². The Morgan fingerprint density at radius 1 is 0.946 bits per heavy atom. The molecule has 2 amide bonds. The van der Waals surface area contributed by atoms with Gasteiger partial charge in [-0.05, 0) is 75.3 Å². The van der Waals surface area contributed by atoms with E-state index in [1.165, 1.54) is 10.6 Å². The Hall–Kier alpha value is -2.87. The van der Waals surface area contributed by atoms with Gasteiger partial charge >= 0.3 is 0 Å². The zero-order valence-electron chi connectivity index (χ0n) is 23.2. The normalized spacial score (nSPS) is 13.0. The molecule has 1 N–H and O–H groups in total. The highest BCUT2D eigenvalue weighted by atomic mass is 32.2. The number of hydrogen-bond acceptors (Lipinski definition) is 4. The summed E-state index contributed by atoms with van der Waals surface area (Å²) in [5.41, 5.74) is 3.65. The maximum absolute atomic E-state index is 13.5. The van der Waals surface area contributed by atoms with Crippen LogP contribution in [-0.4, -0.2) is 56.6 Å². The SMILES string of the molecule is CC[C@@H](C)NC(=O)[C@H](CC)N(CCc1ccccc1)C(=O)CCCN(c1cc(C)cc(C)c1)S(C)(=O)=O. The minimum Gasteiger partial charge on any atom is -0.352 e. The van der Waals surface area contributed by atoms with Gasteiger partial charge in [-0.1, -0.05) is 50.2 Å². The second-order valence-corrected chi connectivity index (χ2v) is 11.8. The van der Waals surface area contributed by atoms with Gasteiger partial charge in [0, 0.05) is 25.6 Å². The molecule has 0 aliphatic heterocycles. The molecule has 0 saturated heterocycles. The molecule has 2 rings (SSSR count). The molecule has 0 unspecified atom stereocenters. The molecule has 0 radical (unpaired) electrons. The number of sulfonamides is 1. The largest absolute Gasteiger partial charge is 0.352 e. The molecule has 2 aromatic rings. The zero-order valence-corrected chi connectivity index (χ0v) is 24.0. The van der Waals surface area contributed by atoms with Crippen molar-refractivity contribution in [3.8, 4) is 0 Å². The van der Waals surface area contributed by atoms with E-state index in [-0.39, 0.29) is 30.8 Å². The van der Waals surface area contributed by atoms with Crippen LogP contribution in [0.5, 0.6) is 0 Å². The van der Waals surface area contributed by atoms with Gasteiger partial charge in [-0.25, -0.2) is 8.42 Å². The lowest BCUT2D eigenvalue weighted by Gasteiger charge is -2.32. The van der Waals surface area contributed by atoms with Crippen LogP contribution in [0.2, 0.25) is 0 Å². The molecular formula is C29H43N3O4S. The van der Waals surface area contributed by atoms with Gasteiger partial charge in [0.25, 0.3) is 0 Å². The average Bonchev–Trinajstić information content (AvgIpc) is 2.83. The first-order valence-electron chi connectivity index (χ1n) is 13.2. The maximum atomic E-state index is 13.5. The van der Waals surface area contributed by atoms with Crippen molar-refractivity contribution in [1.82, 2.24) is 10.2 Å². The Morgan fingerprint density at radius 3 is 2.11 bits per heavy atom. The number of rotatable bonds is 14. The molecule has 0 bridgehead atoms. The smallest absolute Gasteiger partial charge is 0.243 e. The van der Waals surface area contributed by atoms with Crippen molar-refractivity contribution in [3.63, 3.8) is 0 Å². The number of anilines is 1. The second kappa shape index (κ2) is 14.2. The Kier molecular flexibility index (Phi) is 11.6. The van der Waals surface area contributed by atoms with Gasteiger partial charge in [-0.2, -0.15) is 0 Å². The van der Waals surface area contributed by atoms with Gasteiger partial charge < -0.3 is 10.2 Å². The highest BCUT2D eigenvalue weighted by molar-refractivity contribution is 7.92. The topological polar surface area (TPSA) is 86.8 Å². The lowest BCUT2D eigenvalue weighted by atomic mass is 10.1. The molecule has 204 valence electrons. The Balaban J connectivity index is 2.19. The van der Waals surface area contributed by atoms with Crippen molar-refractivity contribution in [2.45, 2.75) is 78.8 Å². The summed E-state index contributed by atoms with van der Waals surface area (Å²) in [7, 11) is -3.52. The fourth-order valence-corrected chi connectivity index (χ4v) is 5.38. The van der Waals surface area contributed by atoms with Crippen molar-refractivity contribution in [2.75, 3.05) is 23.7 Å². The van der Waals surface area contributed by atoms with Crippen LogP contribution in [-0.2, 0) is 26.0 Å². The zero-order chi connectivity index (χ0) is 27.6. The van der Waals surface area contributed by atoms with Crippen LogP contribution in [0, 0.1) is 13.8 Å². The molecule has 0 fully saturated rings. The molecule has 0 aromatic heterocycles. The van der Waals surface area contributed by atoms with Crippen molar-refractivity contribution < 1.29 is 18.0 Å². The van der Waals surface area contributed by atoms with Crippen LogP contribution >= 0.6 is 0 Å². The van der Waals surface area contributed by atoms with Crippen LogP contribution < -0.4 is 9.62 Å². The molecule has 0 aliphatic rings. The number of nitrogens with zero attached hydrogens (tertiary/aromatic N) is 2. The Morgan fingerprint density at radius 2 is 1.57 bits per heavy atom. The molecule has 0 heterocycles. The Bertz CT molecular complexity index is 1110. The number of carbonyl (C=O) groups is 2. The fourth-order valence-electron chi connectivity index (χ4n) is 4.44. The van der Waals surface area contributed by atoms with Crippen LogP contribution in [0.3, 0.4) is 0 Å².